The number of nitrogens with zero attached hydrogens (tertiary/aromatic N) is 2. The van der Waals surface area contributed by atoms with Crippen molar-refractivity contribution in [1.29, 1.82) is 0 Å². The molecule has 2 rings (SSSR count). The number of hydrogen-bond acceptors (Lipinski definition) is 4. The number of piperazine rings is 1. The summed E-state index contributed by atoms with van der Waals surface area (Å²) in [7, 11) is 0. The number of hydrogen-bond donors (Lipinski definition) is 1. The third kappa shape index (κ3) is 4.05. The van der Waals surface area contributed by atoms with Gasteiger partial charge in [-0.3, -0.25) is 9.59 Å². The van der Waals surface area contributed by atoms with E-state index in [-0.39, 0.29) is 24.2 Å². The maximum Gasteiger partial charge on any atom is 0.264 e. The monoisotopic (exact) mass is 359 g/mol. The Bertz CT molecular complexity index is 501. The summed E-state index contributed by atoms with van der Waals surface area (Å²) in [6, 6.07) is 3.73. The van der Waals surface area contributed by atoms with Crippen LogP contribution in [0.15, 0.2) is 17.5 Å². The van der Waals surface area contributed by atoms with Crippen molar-refractivity contribution < 1.29 is 9.59 Å². The highest BCUT2D eigenvalue weighted by atomic mass is 35.5. The van der Waals surface area contributed by atoms with Gasteiger partial charge in [-0.2, -0.15) is 0 Å². The molecule has 0 unspecified atom stereocenters. The van der Waals surface area contributed by atoms with Crippen LogP contribution in [-0.2, 0) is 4.79 Å². The third-order valence-corrected chi connectivity index (χ3v) is 5.64. The highest BCUT2D eigenvalue weighted by Gasteiger charge is 2.38. The molecular formula is C16H26ClN3O2S. The SMILES string of the molecule is CCC(CC)(CN)C(=O)N1CCN(C(=O)c2cccs2)CC1.Cl. The molecule has 0 bridgehead atoms. The van der Waals surface area contributed by atoms with Crippen LogP contribution in [0.4, 0.5) is 0 Å². The molecule has 0 saturated carbocycles. The minimum Gasteiger partial charge on any atom is -0.339 e. The van der Waals surface area contributed by atoms with Gasteiger partial charge in [-0.25, -0.2) is 0 Å². The lowest BCUT2D eigenvalue weighted by Crippen LogP contribution is -2.55. The van der Waals surface area contributed by atoms with Crippen molar-refractivity contribution in [1.82, 2.24) is 9.80 Å². The zero-order chi connectivity index (χ0) is 16.2. The summed E-state index contributed by atoms with van der Waals surface area (Å²) in [5.41, 5.74) is 5.42. The molecule has 0 spiro atoms. The summed E-state index contributed by atoms with van der Waals surface area (Å²) in [6.45, 7) is 6.80. The molecule has 1 aliphatic heterocycles. The first-order chi connectivity index (χ1) is 10.6. The van der Waals surface area contributed by atoms with Crippen molar-refractivity contribution in [3.63, 3.8) is 0 Å². The Labute approximate surface area is 148 Å². The predicted octanol–water partition coefficient (Wildman–Crippen LogP) is 2.22. The Morgan fingerprint density at radius 3 is 2.17 bits per heavy atom. The zero-order valence-corrected chi connectivity index (χ0v) is 15.4. The number of nitrogens with two attached hydrogens (primary N) is 1. The Morgan fingerprint density at radius 1 is 1.17 bits per heavy atom. The normalized spacial score (nSPS) is 15.3. The number of thiophene rings is 1. The molecule has 23 heavy (non-hydrogen) atoms. The summed E-state index contributed by atoms with van der Waals surface area (Å²) in [6.07, 6.45) is 1.51. The van der Waals surface area contributed by atoms with Crippen molar-refractivity contribution in [2.75, 3.05) is 32.7 Å². The molecule has 1 aromatic heterocycles. The van der Waals surface area contributed by atoms with Crippen LogP contribution < -0.4 is 5.73 Å². The van der Waals surface area contributed by atoms with Crippen LogP contribution in [-0.4, -0.2) is 54.3 Å². The van der Waals surface area contributed by atoms with E-state index in [2.05, 4.69) is 0 Å². The molecule has 2 heterocycles. The number of amides is 2. The van der Waals surface area contributed by atoms with Gasteiger partial charge in [0.25, 0.3) is 5.91 Å². The second-order valence-corrected chi connectivity index (χ2v) is 6.70. The average molecular weight is 360 g/mol. The van der Waals surface area contributed by atoms with Crippen LogP contribution >= 0.6 is 23.7 Å². The highest BCUT2D eigenvalue weighted by Crippen LogP contribution is 2.28. The molecule has 0 aromatic carbocycles. The Balaban J connectivity index is 0.00000264. The smallest absolute Gasteiger partial charge is 0.264 e. The Kier molecular flexibility index (Phi) is 7.51. The van der Waals surface area contributed by atoms with E-state index in [9.17, 15) is 9.59 Å². The van der Waals surface area contributed by atoms with Crippen LogP contribution in [0, 0.1) is 5.41 Å². The molecule has 2 N–H and O–H groups in total. The highest BCUT2D eigenvalue weighted by molar-refractivity contribution is 7.12. The van der Waals surface area contributed by atoms with E-state index in [1.54, 1.807) is 0 Å². The summed E-state index contributed by atoms with van der Waals surface area (Å²) in [5, 5.41) is 1.91. The molecule has 5 nitrogen and oxygen atoms in total. The van der Waals surface area contributed by atoms with E-state index in [0.29, 0.717) is 32.7 Å². The molecular weight excluding hydrogens is 334 g/mol. The van der Waals surface area contributed by atoms with Crippen molar-refractivity contribution in [3.8, 4) is 0 Å². The fourth-order valence-electron chi connectivity index (χ4n) is 2.93. The van der Waals surface area contributed by atoms with Crippen LogP contribution in [0.1, 0.15) is 36.4 Å². The maximum absolute atomic E-state index is 12.8. The first-order valence-corrected chi connectivity index (χ1v) is 8.78. The lowest BCUT2D eigenvalue weighted by atomic mass is 9.81. The van der Waals surface area contributed by atoms with Crippen LogP contribution in [0.3, 0.4) is 0 Å². The van der Waals surface area contributed by atoms with E-state index in [4.69, 9.17) is 5.73 Å². The standard InChI is InChI=1S/C16H25N3O2S.ClH/c1-3-16(4-2,12-17)15(21)19-9-7-18(8-10-19)14(20)13-6-5-11-22-13;/h5-6,11H,3-4,7-10,12,17H2,1-2H3;1H. The minimum absolute atomic E-state index is 0. The third-order valence-electron chi connectivity index (χ3n) is 4.78. The largest absolute Gasteiger partial charge is 0.339 e. The summed E-state index contributed by atoms with van der Waals surface area (Å²) < 4.78 is 0. The number of rotatable bonds is 5. The first-order valence-electron chi connectivity index (χ1n) is 7.90. The van der Waals surface area contributed by atoms with E-state index >= 15 is 0 Å². The van der Waals surface area contributed by atoms with Crippen molar-refractivity contribution >= 4 is 35.6 Å². The number of carbonyl (C=O) groups excluding carboxylic acids is 2. The zero-order valence-electron chi connectivity index (χ0n) is 13.8. The fraction of sp³-hybridized carbons (Fsp3) is 0.625. The van der Waals surface area contributed by atoms with Gasteiger partial charge >= 0.3 is 0 Å². The molecule has 0 radical (unpaired) electrons. The maximum atomic E-state index is 12.8. The predicted molar refractivity (Wildman–Crippen MR) is 96.1 cm³/mol. The molecule has 1 aliphatic rings. The lowest BCUT2D eigenvalue weighted by Gasteiger charge is -2.40. The molecule has 1 aromatic rings. The van der Waals surface area contributed by atoms with Gasteiger partial charge in [0.1, 0.15) is 0 Å². The number of carbonyl (C=O) groups is 2. The topological polar surface area (TPSA) is 66.6 Å². The molecule has 130 valence electrons. The van der Waals surface area contributed by atoms with Crippen molar-refractivity contribution in [2.24, 2.45) is 11.1 Å². The molecule has 7 heteroatoms. The van der Waals surface area contributed by atoms with Crippen LogP contribution in [0.2, 0.25) is 0 Å². The summed E-state index contributed by atoms with van der Waals surface area (Å²) in [4.78, 5) is 29.5. The molecule has 1 fully saturated rings. The van der Waals surface area contributed by atoms with E-state index in [0.717, 1.165) is 17.7 Å². The van der Waals surface area contributed by atoms with Crippen molar-refractivity contribution in [2.45, 2.75) is 26.7 Å². The first kappa shape index (κ1) is 19.9. The second kappa shape index (κ2) is 8.66. The lowest BCUT2D eigenvalue weighted by molar-refractivity contribution is -0.143. The van der Waals surface area contributed by atoms with E-state index in [1.807, 2.05) is 41.2 Å². The van der Waals surface area contributed by atoms with Gasteiger partial charge in [-0.15, -0.1) is 23.7 Å². The van der Waals surface area contributed by atoms with Gasteiger partial charge in [0.05, 0.1) is 10.3 Å². The molecule has 0 aliphatic carbocycles. The number of halogens is 1. The molecule has 0 atom stereocenters. The average Bonchev–Trinajstić information content (AvgIpc) is 3.11. The van der Waals surface area contributed by atoms with Gasteiger partial charge in [0, 0.05) is 32.7 Å². The van der Waals surface area contributed by atoms with Crippen LogP contribution in [0.25, 0.3) is 0 Å². The Morgan fingerprint density at radius 2 is 1.74 bits per heavy atom. The summed E-state index contributed by atoms with van der Waals surface area (Å²) >= 11 is 1.46. The fourth-order valence-corrected chi connectivity index (χ4v) is 3.62. The second-order valence-electron chi connectivity index (χ2n) is 5.75. The van der Waals surface area contributed by atoms with E-state index in [1.165, 1.54) is 11.3 Å². The Hall–Kier alpha value is -1.11. The minimum atomic E-state index is -0.445. The van der Waals surface area contributed by atoms with E-state index < -0.39 is 5.41 Å². The summed E-state index contributed by atoms with van der Waals surface area (Å²) in [5.74, 6) is 0.210. The van der Waals surface area contributed by atoms with Gasteiger partial charge in [0.15, 0.2) is 0 Å². The van der Waals surface area contributed by atoms with Gasteiger partial charge in [0.2, 0.25) is 5.91 Å². The van der Waals surface area contributed by atoms with Gasteiger partial charge in [-0.05, 0) is 24.3 Å². The quantitative estimate of drug-likeness (QED) is 0.876. The van der Waals surface area contributed by atoms with Crippen molar-refractivity contribution in [3.05, 3.63) is 22.4 Å². The molecule has 1 saturated heterocycles. The molecule has 2 amide bonds. The van der Waals surface area contributed by atoms with Gasteiger partial charge < -0.3 is 15.5 Å². The van der Waals surface area contributed by atoms with Gasteiger partial charge in [-0.1, -0.05) is 19.9 Å². The van der Waals surface area contributed by atoms with Crippen LogP contribution in [0.5, 0.6) is 0 Å².